The minimum atomic E-state index is -1.01. The molecular weight excluding hydrogens is 503 g/mol. The lowest BCUT2D eigenvalue weighted by Gasteiger charge is -2.17. The van der Waals surface area contributed by atoms with Gasteiger partial charge in [-0.25, -0.2) is 4.79 Å². The third kappa shape index (κ3) is 9.76. The van der Waals surface area contributed by atoms with E-state index >= 15 is 0 Å². The zero-order valence-electron chi connectivity index (χ0n) is 19.8. The summed E-state index contributed by atoms with van der Waals surface area (Å²) in [5.41, 5.74) is 3.22. The molecule has 0 bridgehead atoms. The van der Waals surface area contributed by atoms with Gasteiger partial charge in [-0.1, -0.05) is 54.0 Å². The van der Waals surface area contributed by atoms with Crippen molar-refractivity contribution in [1.29, 1.82) is 0 Å². The van der Waals surface area contributed by atoms with Crippen molar-refractivity contribution in [2.24, 2.45) is 0 Å². The Morgan fingerprint density at radius 3 is 2.11 bits per heavy atom. The highest BCUT2D eigenvalue weighted by Crippen LogP contribution is 2.37. The fourth-order valence-corrected chi connectivity index (χ4v) is 4.90. The van der Waals surface area contributed by atoms with Crippen LogP contribution in [0.2, 0.25) is 10.0 Å². The maximum Gasteiger partial charge on any atom is 0.326 e. The summed E-state index contributed by atoms with van der Waals surface area (Å²) in [6, 6.07) is 19.6. The van der Waals surface area contributed by atoms with Crippen LogP contribution < -0.4 is 10.6 Å². The SMILES string of the molecule is C=C(C)NCCCC(NC=O)C(=O)O.Cc1ccc(C(c2cccc(Cl)c2)c2cccc(Cl)c2)s1. The second-order valence-corrected chi connectivity index (χ2v) is 10.2. The van der Waals surface area contributed by atoms with Gasteiger partial charge in [0.05, 0.1) is 0 Å². The van der Waals surface area contributed by atoms with Crippen LogP contribution in [0.5, 0.6) is 0 Å². The summed E-state index contributed by atoms with van der Waals surface area (Å²) in [5.74, 6) is -0.839. The van der Waals surface area contributed by atoms with Crippen LogP contribution in [-0.4, -0.2) is 30.1 Å². The van der Waals surface area contributed by atoms with Gasteiger partial charge in [-0.2, -0.15) is 0 Å². The number of thiophene rings is 1. The number of allylic oxidation sites excluding steroid dienone is 1. The van der Waals surface area contributed by atoms with Gasteiger partial charge in [0.1, 0.15) is 6.04 Å². The second kappa shape index (κ2) is 14.6. The molecule has 1 amide bonds. The van der Waals surface area contributed by atoms with Crippen molar-refractivity contribution in [3.63, 3.8) is 0 Å². The van der Waals surface area contributed by atoms with Crippen molar-refractivity contribution in [1.82, 2.24) is 10.6 Å². The Labute approximate surface area is 220 Å². The number of aliphatic carboxylic acids is 1. The zero-order valence-corrected chi connectivity index (χ0v) is 22.1. The first-order chi connectivity index (χ1) is 16.7. The predicted octanol–water partition coefficient (Wildman–Crippen LogP) is 6.63. The molecule has 1 heterocycles. The summed E-state index contributed by atoms with van der Waals surface area (Å²) >= 11 is 14.2. The smallest absolute Gasteiger partial charge is 0.326 e. The average molecular weight is 534 g/mol. The summed E-state index contributed by atoms with van der Waals surface area (Å²) in [6.07, 6.45) is 1.49. The monoisotopic (exact) mass is 532 g/mol. The number of carboxylic acids is 1. The van der Waals surface area contributed by atoms with E-state index in [1.807, 2.05) is 54.7 Å². The average Bonchev–Trinajstić information content (AvgIpc) is 3.22. The lowest BCUT2D eigenvalue weighted by Crippen LogP contribution is -2.36. The van der Waals surface area contributed by atoms with E-state index in [-0.39, 0.29) is 5.92 Å². The van der Waals surface area contributed by atoms with Crippen molar-refractivity contribution in [3.05, 3.63) is 104 Å². The van der Waals surface area contributed by atoms with Crippen LogP contribution in [-0.2, 0) is 9.59 Å². The van der Waals surface area contributed by atoms with Crippen molar-refractivity contribution < 1.29 is 14.7 Å². The molecule has 0 aliphatic rings. The quantitative estimate of drug-likeness (QED) is 0.191. The van der Waals surface area contributed by atoms with Crippen molar-refractivity contribution in [2.45, 2.75) is 38.6 Å². The lowest BCUT2D eigenvalue weighted by molar-refractivity contribution is -0.140. The van der Waals surface area contributed by atoms with Gasteiger partial charge in [0.25, 0.3) is 0 Å². The number of carboxylic acid groups (broad SMARTS) is 1. The van der Waals surface area contributed by atoms with Gasteiger partial charge in [-0.3, -0.25) is 4.79 Å². The number of hydrogen-bond donors (Lipinski definition) is 3. The van der Waals surface area contributed by atoms with Crippen LogP contribution >= 0.6 is 34.5 Å². The Hall–Kier alpha value is -2.80. The largest absolute Gasteiger partial charge is 0.480 e. The van der Waals surface area contributed by atoms with Gasteiger partial charge < -0.3 is 15.7 Å². The molecular formula is C27H30Cl2N2O3S. The Morgan fingerprint density at radius 1 is 1.09 bits per heavy atom. The molecule has 186 valence electrons. The number of benzene rings is 2. The van der Waals surface area contributed by atoms with Crippen molar-refractivity contribution in [3.8, 4) is 0 Å². The third-order valence-electron chi connectivity index (χ3n) is 5.07. The first-order valence-corrected chi connectivity index (χ1v) is 12.7. The minimum Gasteiger partial charge on any atom is -0.480 e. The topological polar surface area (TPSA) is 78.4 Å². The number of nitrogens with one attached hydrogen (secondary N) is 2. The standard InChI is InChI=1S/C18H14Cl2S.C9H16N2O3/c1-12-8-9-17(21-12)18(13-4-2-6-15(19)10-13)14-5-3-7-16(20)11-14;1-7(2)10-5-3-4-8(9(13)14)11-6-12/h2-11,18H,1H3;6,8,10H,1,3-5H2,2H3,(H,11,12)(H,13,14). The Kier molecular flexibility index (Phi) is 11.8. The lowest BCUT2D eigenvalue weighted by atomic mass is 9.90. The molecule has 0 aliphatic carbocycles. The van der Waals surface area contributed by atoms with Gasteiger partial charge in [-0.05, 0) is 74.2 Å². The normalized spacial score (nSPS) is 11.2. The van der Waals surface area contributed by atoms with Gasteiger partial charge in [0.15, 0.2) is 0 Å². The van der Waals surface area contributed by atoms with Gasteiger partial charge in [0.2, 0.25) is 6.41 Å². The fraction of sp³-hybridized carbons (Fsp3) is 0.259. The van der Waals surface area contributed by atoms with Gasteiger partial charge in [0, 0.05) is 38.0 Å². The van der Waals surface area contributed by atoms with E-state index < -0.39 is 12.0 Å². The molecule has 0 radical (unpaired) electrons. The molecule has 1 atom stereocenters. The first kappa shape index (κ1) is 28.4. The van der Waals surface area contributed by atoms with E-state index in [2.05, 4.69) is 48.4 Å². The van der Waals surface area contributed by atoms with E-state index in [9.17, 15) is 9.59 Å². The number of aryl methyl sites for hydroxylation is 1. The highest BCUT2D eigenvalue weighted by molar-refractivity contribution is 7.12. The van der Waals surface area contributed by atoms with Crippen molar-refractivity contribution >= 4 is 46.9 Å². The second-order valence-electron chi connectivity index (χ2n) is 8.02. The van der Waals surface area contributed by atoms with E-state index in [4.69, 9.17) is 28.3 Å². The number of carbonyl (C=O) groups excluding carboxylic acids is 1. The highest BCUT2D eigenvalue weighted by Gasteiger charge is 2.19. The number of halogens is 2. The molecule has 0 fully saturated rings. The molecule has 0 saturated heterocycles. The first-order valence-electron chi connectivity index (χ1n) is 11.1. The van der Waals surface area contributed by atoms with Crippen LogP contribution in [0, 0.1) is 6.92 Å². The van der Waals surface area contributed by atoms with Crippen LogP contribution in [0.1, 0.15) is 46.6 Å². The molecule has 35 heavy (non-hydrogen) atoms. The van der Waals surface area contributed by atoms with Crippen molar-refractivity contribution in [2.75, 3.05) is 6.54 Å². The molecule has 3 rings (SSSR count). The molecule has 8 heteroatoms. The van der Waals surface area contributed by atoms with E-state index in [0.717, 1.165) is 15.7 Å². The molecule has 5 nitrogen and oxygen atoms in total. The molecule has 1 aromatic heterocycles. The molecule has 0 saturated carbocycles. The van der Waals surface area contributed by atoms with Crippen LogP contribution in [0.4, 0.5) is 0 Å². The number of carbonyl (C=O) groups is 2. The molecule has 3 aromatic rings. The highest BCUT2D eigenvalue weighted by atomic mass is 35.5. The predicted molar refractivity (Wildman–Crippen MR) is 146 cm³/mol. The van der Waals surface area contributed by atoms with Crippen LogP contribution in [0.25, 0.3) is 0 Å². The van der Waals surface area contributed by atoms with Gasteiger partial charge in [-0.15, -0.1) is 11.3 Å². The molecule has 3 N–H and O–H groups in total. The number of hydrogen-bond acceptors (Lipinski definition) is 4. The molecule has 0 aliphatic heterocycles. The van der Waals surface area contributed by atoms with Crippen LogP contribution in [0.3, 0.4) is 0 Å². The number of rotatable bonds is 11. The summed E-state index contributed by atoms with van der Waals surface area (Å²) < 4.78 is 0. The zero-order chi connectivity index (χ0) is 25.8. The Bertz CT molecular complexity index is 1090. The Morgan fingerprint density at radius 2 is 1.69 bits per heavy atom. The van der Waals surface area contributed by atoms with E-state index in [0.29, 0.717) is 25.8 Å². The summed E-state index contributed by atoms with van der Waals surface area (Å²) in [7, 11) is 0. The van der Waals surface area contributed by atoms with E-state index in [1.165, 1.54) is 20.9 Å². The molecule has 1 unspecified atom stereocenters. The molecule has 0 spiro atoms. The maximum absolute atomic E-state index is 10.6. The summed E-state index contributed by atoms with van der Waals surface area (Å²) in [4.78, 5) is 23.2. The fourth-order valence-electron chi connectivity index (χ4n) is 3.47. The summed E-state index contributed by atoms with van der Waals surface area (Å²) in [6.45, 7) is 8.27. The van der Waals surface area contributed by atoms with Crippen LogP contribution in [0.15, 0.2) is 72.9 Å². The Balaban J connectivity index is 0.000000271. The van der Waals surface area contributed by atoms with E-state index in [1.54, 1.807) is 0 Å². The minimum absolute atomic E-state index is 0.168. The molecule has 2 aromatic carbocycles. The maximum atomic E-state index is 10.6. The number of amides is 1. The summed E-state index contributed by atoms with van der Waals surface area (Å²) in [5, 5.41) is 15.4. The van der Waals surface area contributed by atoms with Gasteiger partial charge >= 0.3 is 5.97 Å². The third-order valence-corrected chi connectivity index (χ3v) is 6.61.